The summed E-state index contributed by atoms with van der Waals surface area (Å²) in [5.74, 6) is -0.0993. The second kappa shape index (κ2) is 12.4. The van der Waals surface area contributed by atoms with Crippen LogP contribution in [0.5, 0.6) is 11.5 Å². The summed E-state index contributed by atoms with van der Waals surface area (Å²) in [4.78, 5) is 36.8. The van der Waals surface area contributed by atoms with Crippen LogP contribution in [0.2, 0.25) is 5.02 Å². The van der Waals surface area contributed by atoms with Gasteiger partial charge in [-0.1, -0.05) is 35.9 Å². The molecule has 1 fully saturated rings. The third kappa shape index (κ3) is 5.99. The molecule has 5 rings (SSSR count). The number of nitrogens with zero attached hydrogens (tertiary/aromatic N) is 3. The van der Waals surface area contributed by atoms with E-state index >= 15 is 0 Å². The van der Waals surface area contributed by atoms with Crippen molar-refractivity contribution in [3.05, 3.63) is 104 Å². The van der Waals surface area contributed by atoms with Gasteiger partial charge >= 0.3 is 5.97 Å². The average molecular weight is 590 g/mol. The smallest absolute Gasteiger partial charge is 0.340 e. The lowest BCUT2D eigenvalue weighted by Gasteiger charge is -2.29. The largest absolute Gasteiger partial charge is 0.497 e. The van der Waals surface area contributed by atoms with Gasteiger partial charge < -0.3 is 14.2 Å². The van der Waals surface area contributed by atoms with Crippen molar-refractivity contribution < 1.29 is 28.7 Å². The highest BCUT2D eigenvalue weighted by atomic mass is 35.5. The lowest BCUT2D eigenvalue weighted by Crippen LogP contribution is -2.34. The van der Waals surface area contributed by atoms with Gasteiger partial charge in [0.2, 0.25) is 0 Å². The van der Waals surface area contributed by atoms with Crippen molar-refractivity contribution in [3.63, 3.8) is 0 Å². The summed E-state index contributed by atoms with van der Waals surface area (Å²) in [5.41, 5.74) is 3.19. The molecule has 3 aromatic carbocycles. The molecule has 216 valence electrons. The van der Waals surface area contributed by atoms with Crippen molar-refractivity contribution in [1.29, 1.82) is 0 Å². The molecule has 3 aromatic rings. The molecule has 1 amide bonds. The van der Waals surface area contributed by atoms with Gasteiger partial charge in [-0.15, -0.1) is 0 Å². The van der Waals surface area contributed by atoms with E-state index in [4.69, 9.17) is 30.9 Å². The van der Waals surface area contributed by atoms with Crippen LogP contribution in [-0.4, -0.2) is 48.3 Å². The molecule has 2 unspecified atom stereocenters. The highest BCUT2D eigenvalue weighted by molar-refractivity contribution is 6.33. The number of carbonyl (C=O) groups is 2. The molecule has 0 radical (unpaired) electrons. The number of nitro benzene ring substituents is 1. The van der Waals surface area contributed by atoms with Gasteiger partial charge in [0.1, 0.15) is 11.5 Å². The molecule has 0 saturated heterocycles. The fourth-order valence-electron chi connectivity index (χ4n) is 5.30. The number of amides is 1. The predicted molar refractivity (Wildman–Crippen MR) is 157 cm³/mol. The van der Waals surface area contributed by atoms with Crippen molar-refractivity contribution in [2.24, 2.45) is 11.0 Å². The summed E-state index contributed by atoms with van der Waals surface area (Å²) in [6, 6.07) is 18.2. The number of nitro groups is 1. The van der Waals surface area contributed by atoms with Crippen LogP contribution in [-0.2, 0) is 9.53 Å². The molecule has 0 N–H and O–H groups in total. The average Bonchev–Trinajstić information content (AvgIpc) is 3.41. The second-order valence-electron chi connectivity index (χ2n) is 9.88. The van der Waals surface area contributed by atoms with Crippen LogP contribution in [0.15, 0.2) is 77.4 Å². The number of benzene rings is 3. The lowest BCUT2D eigenvalue weighted by molar-refractivity contribution is -0.384. The summed E-state index contributed by atoms with van der Waals surface area (Å²) in [6.07, 6.45) is 4.62. The predicted octanol–water partition coefficient (Wildman–Crippen LogP) is 6.25. The zero-order valence-corrected chi connectivity index (χ0v) is 23.7. The molecule has 10 nitrogen and oxygen atoms in total. The Kier molecular flexibility index (Phi) is 8.53. The molecule has 11 heteroatoms. The van der Waals surface area contributed by atoms with Gasteiger partial charge in [0.05, 0.1) is 41.5 Å². The molecular weight excluding hydrogens is 562 g/mol. The van der Waals surface area contributed by atoms with E-state index in [9.17, 15) is 19.7 Å². The molecule has 0 aromatic heterocycles. The van der Waals surface area contributed by atoms with Crippen molar-refractivity contribution in [2.75, 3.05) is 20.8 Å². The van der Waals surface area contributed by atoms with Crippen LogP contribution in [0.1, 0.15) is 46.8 Å². The molecule has 1 saturated carbocycles. The van der Waals surface area contributed by atoms with Gasteiger partial charge in [-0.25, -0.2) is 9.80 Å². The molecule has 0 bridgehead atoms. The van der Waals surface area contributed by atoms with Gasteiger partial charge in [0.15, 0.2) is 6.61 Å². The maximum absolute atomic E-state index is 13.6. The number of hydrazone groups is 1. The van der Waals surface area contributed by atoms with Gasteiger partial charge in [-0.3, -0.25) is 14.9 Å². The summed E-state index contributed by atoms with van der Waals surface area (Å²) in [5, 5.41) is 17.3. The summed E-state index contributed by atoms with van der Waals surface area (Å²) in [6.45, 7) is -0.620. The Labute approximate surface area is 247 Å². The first-order valence-corrected chi connectivity index (χ1v) is 13.7. The number of hydrogen-bond donors (Lipinski definition) is 0. The van der Waals surface area contributed by atoms with E-state index in [2.05, 4.69) is 6.08 Å². The standard InChI is InChI=1S/C31H28ClN3O7/c1-40-23-11-6-19(7-12-23)16-21-4-3-5-25-29(21)33-34(30(25)20-8-13-24(41-2)14-9-20)28(36)18-42-31(37)26-17-22(35(38)39)10-15-27(26)32/h6-17,25,30H,3-5,18H2,1-2H3/b21-16-. The third-order valence-electron chi connectivity index (χ3n) is 7.38. The Morgan fingerprint density at radius 3 is 2.36 bits per heavy atom. The van der Waals surface area contributed by atoms with Gasteiger partial charge in [0.25, 0.3) is 11.6 Å². The number of fused-ring (bicyclic) bond motifs is 1. The molecule has 2 aliphatic rings. The van der Waals surface area contributed by atoms with E-state index in [-0.39, 0.29) is 22.2 Å². The monoisotopic (exact) mass is 589 g/mol. The number of methoxy groups -OCH3 is 2. The van der Waals surface area contributed by atoms with Crippen LogP contribution >= 0.6 is 11.6 Å². The lowest BCUT2D eigenvalue weighted by atomic mass is 9.77. The Bertz CT molecular complexity index is 1570. The quantitative estimate of drug-likeness (QED) is 0.173. The fourth-order valence-corrected chi connectivity index (χ4v) is 5.49. The topological polar surface area (TPSA) is 121 Å². The molecule has 1 aliphatic carbocycles. The SMILES string of the molecule is COc1ccc(/C=C2/CCCC3C2=NN(C(=O)COC(=O)c2cc([N+](=O)[O-])ccc2Cl)C3c2ccc(OC)cc2)cc1. The Morgan fingerprint density at radius 1 is 1.05 bits per heavy atom. The molecule has 1 heterocycles. The van der Waals surface area contributed by atoms with E-state index in [0.717, 1.165) is 53.5 Å². The summed E-state index contributed by atoms with van der Waals surface area (Å²) in [7, 11) is 3.20. The zero-order valence-electron chi connectivity index (χ0n) is 23.0. The Hall–Kier alpha value is -4.70. The van der Waals surface area contributed by atoms with E-state index in [1.165, 1.54) is 17.1 Å². The van der Waals surface area contributed by atoms with E-state index in [0.29, 0.717) is 5.75 Å². The van der Waals surface area contributed by atoms with Crippen LogP contribution in [0.25, 0.3) is 6.08 Å². The first kappa shape index (κ1) is 28.8. The maximum Gasteiger partial charge on any atom is 0.340 e. The number of rotatable bonds is 8. The maximum atomic E-state index is 13.6. The number of ether oxygens (including phenoxy) is 3. The zero-order chi connectivity index (χ0) is 29.8. The van der Waals surface area contributed by atoms with Crippen LogP contribution in [0, 0.1) is 16.0 Å². The summed E-state index contributed by atoms with van der Waals surface area (Å²) < 4.78 is 15.9. The first-order chi connectivity index (χ1) is 20.3. The highest BCUT2D eigenvalue weighted by Gasteiger charge is 2.44. The fraction of sp³-hybridized carbons (Fsp3) is 0.258. The molecule has 2 atom stereocenters. The Balaban J connectivity index is 1.43. The van der Waals surface area contributed by atoms with Crippen LogP contribution < -0.4 is 9.47 Å². The minimum atomic E-state index is -0.942. The van der Waals surface area contributed by atoms with Crippen molar-refractivity contribution in [1.82, 2.24) is 5.01 Å². The normalized spacial score (nSPS) is 18.7. The molecule has 1 aliphatic heterocycles. The third-order valence-corrected chi connectivity index (χ3v) is 7.71. The highest BCUT2D eigenvalue weighted by Crippen LogP contribution is 2.44. The number of non-ortho nitro benzene ring substituents is 1. The van der Waals surface area contributed by atoms with E-state index in [1.807, 2.05) is 48.5 Å². The number of carbonyl (C=O) groups excluding carboxylic acids is 2. The first-order valence-electron chi connectivity index (χ1n) is 13.3. The van der Waals surface area contributed by atoms with Crippen LogP contribution in [0.3, 0.4) is 0 Å². The number of halogens is 1. The number of hydrogen-bond acceptors (Lipinski definition) is 8. The minimum absolute atomic E-state index is 0.0186. The summed E-state index contributed by atoms with van der Waals surface area (Å²) >= 11 is 6.08. The Morgan fingerprint density at radius 2 is 1.71 bits per heavy atom. The molecule has 42 heavy (non-hydrogen) atoms. The van der Waals surface area contributed by atoms with Gasteiger partial charge in [0, 0.05) is 18.1 Å². The second-order valence-corrected chi connectivity index (χ2v) is 10.3. The molecular formula is C31H28ClN3O7. The van der Waals surface area contributed by atoms with E-state index in [1.54, 1.807) is 14.2 Å². The van der Waals surface area contributed by atoms with Crippen LogP contribution in [0.4, 0.5) is 5.69 Å². The van der Waals surface area contributed by atoms with E-state index < -0.39 is 29.4 Å². The van der Waals surface area contributed by atoms with Crippen molar-refractivity contribution in [2.45, 2.75) is 25.3 Å². The number of esters is 1. The van der Waals surface area contributed by atoms with Gasteiger partial charge in [-0.2, -0.15) is 5.10 Å². The number of allylic oxidation sites excluding steroid dienone is 1. The van der Waals surface area contributed by atoms with Crippen molar-refractivity contribution >= 4 is 41.0 Å². The minimum Gasteiger partial charge on any atom is -0.497 e. The molecule has 0 spiro atoms. The van der Waals surface area contributed by atoms with Gasteiger partial charge in [-0.05, 0) is 72.4 Å². The van der Waals surface area contributed by atoms with Crippen molar-refractivity contribution in [3.8, 4) is 11.5 Å².